The van der Waals surface area contributed by atoms with E-state index < -0.39 is 24.1 Å². The number of aromatic carboxylic acids is 1. The van der Waals surface area contributed by atoms with Gasteiger partial charge in [-0.3, -0.25) is 4.79 Å². The number of amides is 2. The first-order valence-corrected chi connectivity index (χ1v) is 11.4. The number of aromatic nitrogens is 1. The van der Waals surface area contributed by atoms with Crippen LogP contribution in [-0.2, 0) is 20.8 Å². The van der Waals surface area contributed by atoms with Gasteiger partial charge in [0.1, 0.15) is 11.6 Å². The van der Waals surface area contributed by atoms with E-state index in [1.54, 1.807) is 0 Å². The van der Waals surface area contributed by atoms with Gasteiger partial charge < -0.3 is 25.2 Å². The lowest BCUT2D eigenvalue weighted by Gasteiger charge is -2.17. The Morgan fingerprint density at radius 3 is 2.29 bits per heavy atom. The number of nitrogens with zero attached hydrogens (tertiary/aromatic N) is 1. The number of carbonyl (C=O) groups is 3. The molecule has 2 amide bonds. The predicted molar refractivity (Wildman–Crippen MR) is 125 cm³/mol. The van der Waals surface area contributed by atoms with Gasteiger partial charge in [-0.1, -0.05) is 48.5 Å². The molecule has 10 heteroatoms. The molecule has 1 atom stereocenters. The lowest BCUT2D eigenvalue weighted by molar-refractivity contribution is -0.130. The summed E-state index contributed by atoms with van der Waals surface area (Å²) in [6, 6.07) is 16.1. The van der Waals surface area contributed by atoms with Crippen LogP contribution in [0.25, 0.3) is 11.1 Å². The average molecular weight is 482 g/mol. The highest BCUT2D eigenvalue weighted by molar-refractivity contribution is 7.09. The largest absolute Gasteiger partial charge is 0.476 e. The van der Waals surface area contributed by atoms with Gasteiger partial charge in [-0.25, -0.2) is 14.6 Å². The fourth-order valence-electron chi connectivity index (χ4n) is 3.88. The smallest absolute Gasteiger partial charge is 0.407 e. The molecule has 4 rings (SSSR count). The van der Waals surface area contributed by atoms with Crippen molar-refractivity contribution in [3.05, 3.63) is 75.7 Å². The predicted octanol–water partition coefficient (Wildman–Crippen LogP) is 3.01. The highest BCUT2D eigenvalue weighted by atomic mass is 32.1. The van der Waals surface area contributed by atoms with Crippen LogP contribution in [0.1, 0.15) is 32.5 Å². The molecule has 176 valence electrons. The van der Waals surface area contributed by atoms with Gasteiger partial charge in [-0.15, -0.1) is 11.3 Å². The molecule has 1 heterocycles. The SMILES string of the molecule is COC(CNC(=O)OCC1c2ccccc2-c2ccccc21)C(=O)NCc1nc(C(=O)O)cs1. The normalized spacial score (nSPS) is 13.0. The lowest BCUT2D eigenvalue weighted by atomic mass is 9.98. The van der Waals surface area contributed by atoms with Crippen LogP contribution in [0.4, 0.5) is 4.79 Å². The van der Waals surface area contributed by atoms with E-state index in [2.05, 4.69) is 27.8 Å². The molecule has 3 aromatic rings. The number of thiazole rings is 1. The highest BCUT2D eigenvalue weighted by Crippen LogP contribution is 2.44. The van der Waals surface area contributed by atoms with Crippen molar-refractivity contribution >= 4 is 29.3 Å². The number of carboxylic acid groups (broad SMARTS) is 1. The van der Waals surface area contributed by atoms with E-state index in [1.165, 1.54) is 12.5 Å². The lowest BCUT2D eigenvalue weighted by Crippen LogP contribution is -2.43. The van der Waals surface area contributed by atoms with Crippen LogP contribution in [0.15, 0.2) is 53.9 Å². The van der Waals surface area contributed by atoms with Crippen LogP contribution < -0.4 is 10.6 Å². The molecule has 0 radical (unpaired) electrons. The maximum absolute atomic E-state index is 12.4. The third-order valence-electron chi connectivity index (χ3n) is 5.54. The number of ether oxygens (including phenoxy) is 2. The molecule has 34 heavy (non-hydrogen) atoms. The van der Waals surface area contributed by atoms with Gasteiger partial charge >= 0.3 is 12.1 Å². The number of methoxy groups -OCH3 is 1. The number of carboxylic acids is 1. The zero-order valence-electron chi connectivity index (χ0n) is 18.3. The number of benzene rings is 2. The molecular weight excluding hydrogens is 458 g/mol. The van der Waals surface area contributed by atoms with Crippen LogP contribution in [0.5, 0.6) is 0 Å². The minimum absolute atomic E-state index is 0.0571. The summed E-state index contributed by atoms with van der Waals surface area (Å²) in [6.45, 7) is 0.137. The van der Waals surface area contributed by atoms with Crippen LogP contribution in [0.3, 0.4) is 0 Å². The van der Waals surface area contributed by atoms with E-state index >= 15 is 0 Å². The number of carbonyl (C=O) groups excluding carboxylic acids is 2. The monoisotopic (exact) mass is 481 g/mol. The summed E-state index contributed by atoms with van der Waals surface area (Å²) < 4.78 is 10.6. The molecule has 0 saturated heterocycles. The third kappa shape index (κ3) is 5.08. The van der Waals surface area contributed by atoms with Gasteiger partial charge in [-0.2, -0.15) is 0 Å². The van der Waals surface area contributed by atoms with E-state index in [9.17, 15) is 14.4 Å². The summed E-state index contributed by atoms with van der Waals surface area (Å²) in [5, 5.41) is 16.0. The van der Waals surface area contributed by atoms with E-state index in [-0.39, 0.29) is 31.3 Å². The quantitative estimate of drug-likeness (QED) is 0.429. The number of alkyl carbamates (subject to hydrolysis) is 1. The Hall–Kier alpha value is -3.76. The van der Waals surface area contributed by atoms with E-state index in [4.69, 9.17) is 14.6 Å². The second kappa shape index (κ2) is 10.4. The van der Waals surface area contributed by atoms with E-state index in [0.717, 1.165) is 33.6 Å². The minimum atomic E-state index is -1.13. The molecule has 0 fully saturated rings. The van der Waals surface area contributed by atoms with Gasteiger partial charge in [0, 0.05) is 18.4 Å². The van der Waals surface area contributed by atoms with Crippen molar-refractivity contribution < 1.29 is 29.0 Å². The Labute approximate surface area is 199 Å². The molecule has 1 aliphatic rings. The second-order valence-electron chi connectivity index (χ2n) is 7.58. The van der Waals surface area contributed by atoms with Crippen molar-refractivity contribution in [1.82, 2.24) is 15.6 Å². The zero-order chi connectivity index (χ0) is 24.1. The molecule has 1 aliphatic carbocycles. The van der Waals surface area contributed by atoms with Crippen LogP contribution >= 0.6 is 11.3 Å². The molecular formula is C24H23N3O6S. The van der Waals surface area contributed by atoms with Crippen LogP contribution in [0.2, 0.25) is 0 Å². The standard InChI is InChI=1S/C24H23N3O6S/c1-32-20(22(28)25-11-21-27-19(13-34-21)23(29)30)10-26-24(31)33-12-18-16-8-4-2-6-14(16)15-7-3-5-9-17(15)18/h2-9,13,18,20H,10-12H2,1H3,(H,25,28)(H,26,31)(H,29,30). The van der Waals surface area contributed by atoms with Gasteiger partial charge in [0.05, 0.1) is 13.1 Å². The molecule has 9 nitrogen and oxygen atoms in total. The van der Waals surface area contributed by atoms with Crippen molar-refractivity contribution in [3.63, 3.8) is 0 Å². The number of nitrogens with one attached hydrogen (secondary N) is 2. The fourth-order valence-corrected chi connectivity index (χ4v) is 4.58. The molecule has 3 N–H and O–H groups in total. The van der Waals surface area contributed by atoms with Gasteiger partial charge in [0.2, 0.25) is 0 Å². The molecule has 1 unspecified atom stereocenters. The Morgan fingerprint density at radius 1 is 1.06 bits per heavy atom. The maximum atomic E-state index is 12.4. The molecule has 0 bridgehead atoms. The van der Waals surface area contributed by atoms with Crippen molar-refractivity contribution in [2.24, 2.45) is 0 Å². The summed E-state index contributed by atoms with van der Waals surface area (Å²) in [4.78, 5) is 39.5. The Balaban J connectivity index is 1.27. The van der Waals surface area contributed by atoms with Crippen LogP contribution in [-0.4, -0.2) is 54.4 Å². The van der Waals surface area contributed by atoms with Crippen molar-refractivity contribution in [3.8, 4) is 11.1 Å². The Bertz CT molecular complexity index is 1170. The summed E-state index contributed by atoms with van der Waals surface area (Å²) in [5.74, 6) is -1.65. The maximum Gasteiger partial charge on any atom is 0.407 e. The average Bonchev–Trinajstić information content (AvgIpc) is 3.45. The van der Waals surface area contributed by atoms with Gasteiger partial charge in [0.15, 0.2) is 11.8 Å². The molecule has 0 spiro atoms. The molecule has 2 aromatic carbocycles. The first-order valence-electron chi connectivity index (χ1n) is 10.5. The Kier molecular flexibility index (Phi) is 7.19. The van der Waals surface area contributed by atoms with Crippen LogP contribution in [0, 0.1) is 0 Å². The number of hydrogen-bond donors (Lipinski definition) is 3. The number of hydrogen-bond acceptors (Lipinski definition) is 7. The molecule has 1 aromatic heterocycles. The first-order chi connectivity index (χ1) is 16.5. The summed E-state index contributed by atoms with van der Waals surface area (Å²) in [7, 11) is 1.36. The van der Waals surface area contributed by atoms with Crippen molar-refractivity contribution in [2.75, 3.05) is 20.3 Å². The topological polar surface area (TPSA) is 127 Å². The van der Waals surface area contributed by atoms with Gasteiger partial charge in [0.25, 0.3) is 5.91 Å². The van der Waals surface area contributed by atoms with E-state index in [0.29, 0.717) is 5.01 Å². The van der Waals surface area contributed by atoms with Crippen molar-refractivity contribution in [2.45, 2.75) is 18.6 Å². The number of fused-ring (bicyclic) bond motifs is 3. The van der Waals surface area contributed by atoms with Crippen molar-refractivity contribution in [1.29, 1.82) is 0 Å². The second-order valence-corrected chi connectivity index (χ2v) is 8.52. The summed E-state index contributed by atoms with van der Waals surface area (Å²) in [5.41, 5.74) is 4.42. The molecule has 0 saturated carbocycles. The summed E-state index contributed by atoms with van der Waals surface area (Å²) >= 11 is 1.13. The highest BCUT2D eigenvalue weighted by Gasteiger charge is 2.29. The Morgan fingerprint density at radius 2 is 1.71 bits per heavy atom. The molecule has 0 aliphatic heterocycles. The summed E-state index contributed by atoms with van der Waals surface area (Å²) in [6.07, 6.45) is -1.60. The minimum Gasteiger partial charge on any atom is -0.476 e. The fraction of sp³-hybridized carbons (Fsp3) is 0.250. The first kappa shape index (κ1) is 23.4. The van der Waals surface area contributed by atoms with E-state index in [1.807, 2.05) is 36.4 Å². The number of rotatable bonds is 9. The third-order valence-corrected chi connectivity index (χ3v) is 6.39. The van der Waals surface area contributed by atoms with Gasteiger partial charge in [-0.05, 0) is 22.3 Å². The zero-order valence-corrected chi connectivity index (χ0v) is 19.1.